The third-order valence-corrected chi connectivity index (χ3v) is 3.84. The number of carbonyl (C=O) groups is 1. The van der Waals surface area contributed by atoms with Crippen molar-refractivity contribution in [1.82, 2.24) is 0 Å². The van der Waals surface area contributed by atoms with E-state index in [4.69, 9.17) is 9.47 Å². The van der Waals surface area contributed by atoms with Crippen molar-refractivity contribution in [2.75, 3.05) is 13.2 Å². The number of hydrogen-bond acceptors (Lipinski definition) is 3. The van der Waals surface area contributed by atoms with E-state index in [1.54, 1.807) is 6.92 Å². The SMILES string of the molecule is CCCCOc1cc(C(C)=O)cc2c(OCCCC)cccc12. The molecule has 3 heteroatoms. The molecule has 0 saturated carbocycles. The lowest BCUT2D eigenvalue weighted by Gasteiger charge is -2.14. The topological polar surface area (TPSA) is 35.5 Å². The summed E-state index contributed by atoms with van der Waals surface area (Å²) in [4.78, 5) is 11.8. The third kappa shape index (κ3) is 4.47. The molecule has 0 aliphatic heterocycles. The molecule has 2 aromatic rings. The molecule has 0 aliphatic rings. The van der Waals surface area contributed by atoms with Crippen LogP contribution in [0.15, 0.2) is 30.3 Å². The number of ether oxygens (including phenoxy) is 2. The maximum Gasteiger partial charge on any atom is 0.159 e. The molecule has 0 atom stereocenters. The Morgan fingerprint density at radius 2 is 1.57 bits per heavy atom. The standard InChI is InChI=1S/C20H26O3/c1-4-6-11-22-19-10-8-9-17-18(19)13-16(15(3)21)14-20(17)23-12-7-5-2/h8-10,13-14H,4-7,11-12H2,1-3H3. The summed E-state index contributed by atoms with van der Waals surface area (Å²) in [5.74, 6) is 1.62. The van der Waals surface area contributed by atoms with E-state index >= 15 is 0 Å². The molecule has 0 saturated heterocycles. The van der Waals surface area contributed by atoms with Gasteiger partial charge in [-0.2, -0.15) is 0 Å². The Hall–Kier alpha value is -2.03. The molecule has 0 aromatic heterocycles. The fourth-order valence-corrected chi connectivity index (χ4v) is 2.43. The van der Waals surface area contributed by atoms with Gasteiger partial charge in [0.1, 0.15) is 11.5 Å². The van der Waals surface area contributed by atoms with Gasteiger partial charge in [-0.05, 0) is 38.0 Å². The number of Topliss-reactive ketones (excluding diaryl/α,β-unsaturated/α-hetero) is 1. The maximum absolute atomic E-state index is 11.8. The lowest BCUT2D eigenvalue weighted by molar-refractivity contribution is 0.101. The van der Waals surface area contributed by atoms with E-state index in [1.807, 2.05) is 30.3 Å². The summed E-state index contributed by atoms with van der Waals surface area (Å²) in [6, 6.07) is 9.70. The Kier molecular flexibility index (Phi) is 6.45. The second kappa shape index (κ2) is 8.56. The zero-order chi connectivity index (χ0) is 16.7. The summed E-state index contributed by atoms with van der Waals surface area (Å²) in [7, 11) is 0. The highest BCUT2D eigenvalue weighted by Crippen LogP contribution is 2.34. The van der Waals surface area contributed by atoms with E-state index in [0.29, 0.717) is 18.8 Å². The van der Waals surface area contributed by atoms with Crippen LogP contribution < -0.4 is 9.47 Å². The van der Waals surface area contributed by atoms with Crippen molar-refractivity contribution in [3.8, 4) is 11.5 Å². The average molecular weight is 314 g/mol. The number of rotatable bonds is 9. The molecule has 3 nitrogen and oxygen atoms in total. The van der Waals surface area contributed by atoms with Crippen molar-refractivity contribution in [3.63, 3.8) is 0 Å². The normalized spacial score (nSPS) is 10.7. The number of carbonyl (C=O) groups excluding carboxylic acids is 1. The molecule has 0 N–H and O–H groups in total. The molecule has 2 rings (SSSR count). The Labute approximate surface area is 138 Å². The van der Waals surface area contributed by atoms with Crippen molar-refractivity contribution in [2.45, 2.75) is 46.5 Å². The Bertz CT molecular complexity index is 661. The summed E-state index contributed by atoms with van der Waals surface area (Å²) >= 11 is 0. The molecule has 0 bridgehead atoms. The van der Waals surface area contributed by atoms with Crippen molar-refractivity contribution >= 4 is 16.6 Å². The van der Waals surface area contributed by atoms with Crippen LogP contribution in [0.4, 0.5) is 0 Å². The van der Waals surface area contributed by atoms with E-state index in [1.165, 1.54) is 0 Å². The van der Waals surface area contributed by atoms with Crippen molar-refractivity contribution < 1.29 is 14.3 Å². The fraction of sp³-hybridized carbons (Fsp3) is 0.450. The van der Waals surface area contributed by atoms with Crippen molar-refractivity contribution in [2.24, 2.45) is 0 Å². The highest BCUT2D eigenvalue weighted by atomic mass is 16.5. The lowest BCUT2D eigenvalue weighted by Crippen LogP contribution is -2.02. The largest absolute Gasteiger partial charge is 0.493 e. The zero-order valence-electron chi connectivity index (χ0n) is 14.4. The lowest BCUT2D eigenvalue weighted by atomic mass is 10.0. The number of fused-ring (bicyclic) bond motifs is 1. The molecule has 124 valence electrons. The molecule has 0 fully saturated rings. The van der Waals surface area contributed by atoms with Crippen molar-refractivity contribution in [3.05, 3.63) is 35.9 Å². The molecule has 23 heavy (non-hydrogen) atoms. The summed E-state index contributed by atoms with van der Waals surface area (Å²) in [5.41, 5.74) is 0.663. The van der Waals surface area contributed by atoms with E-state index in [0.717, 1.165) is 48.0 Å². The first-order valence-electron chi connectivity index (χ1n) is 8.50. The molecule has 0 heterocycles. The molecule has 0 amide bonds. The summed E-state index contributed by atoms with van der Waals surface area (Å²) in [6.07, 6.45) is 4.19. The summed E-state index contributed by atoms with van der Waals surface area (Å²) < 4.78 is 11.8. The van der Waals surface area contributed by atoms with Crippen LogP contribution in [0, 0.1) is 0 Å². The predicted octanol–water partition coefficient (Wildman–Crippen LogP) is 5.40. The monoisotopic (exact) mass is 314 g/mol. The second-order valence-corrected chi connectivity index (χ2v) is 5.79. The molecule has 2 aromatic carbocycles. The Morgan fingerprint density at radius 1 is 0.913 bits per heavy atom. The molecule has 0 radical (unpaired) electrons. The molecule has 0 unspecified atom stereocenters. The van der Waals surface area contributed by atoms with Gasteiger partial charge in [-0.15, -0.1) is 0 Å². The molecule has 0 aliphatic carbocycles. The van der Waals surface area contributed by atoms with Gasteiger partial charge in [-0.1, -0.05) is 38.8 Å². The van der Waals surface area contributed by atoms with Crippen molar-refractivity contribution in [1.29, 1.82) is 0 Å². The van der Waals surface area contributed by atoms with Crippen LogP contribution in [-0.4, -0.2) is 19.0 Å². The molecule has 0 spiro atoms. The number of hydrogen-bond donors (Lipinski definition) is 0. The molecular weight excluding hydrogens is 288 g/mol. The molecular formula is C20H26O3. The van der Waals surface area contributed by atoms with E-state index in [-0.39, 0.29) is 5.78 Å². The number of ketones is 1. The fourth-order valence-electron chi connectivity index (χ4n) is 2.43. The quantitative estimate of drug-likeness (QED) is 0.459. The van der Waals surface area contributed by atoms with Crippen LogP contribution in [0.2, 0.25) is 0 Å². The van der Waals surface area contributed by atoms with Gasteiger partial charge in [0.15, 0.2) is 5.78 Å². The first-order chi connectivity index (χ1) is 11.2. The average Bonchev–Trinajstić information content (AvgIpc) is 2.55. The minimum Gasteiger partial charge on any atom is -0.493 e. The van der Waals surface area contributed by atoms with Gasteiger partial charge in [-0.25, -0.2) is 0 Å². The first kappa shape index (κ1) is 17.3. The van der Waals surface area contributed by atoms with E-state index < -0.39 is 0 Å². The van der Waals surface area contributed by atoms with E-state index in [2.05, 4.69) is 13.8 Å². The minimum absolute atomic E-state index is 0.0376. The Balaban J connectivity index is 2.43. The van der Waals surface area contributed by atoms with Crippen LogP contribution in [-0.2, 0) is 0 Å². The highest BCUT2D eigenvalue weighted by Gasteiger charge is 2.12. The van der Waals surface area contributed by atoms with Crippen LogP contribution in [0.25, 0.3) is 10.8 Å². The van der Waals surface area contributed by atoms with Gasteiger partial charge >= 0.3 is 0 Å². The summed E-state index contributed by atoms with van der Waals surface area (Å²) in [6.45, 7) is 7.20. The second-order valence-electron chi connectivity index (χ2n) is 5.79. The predicted molar refractivity (Wildman–Crippen MR) is 94.8 cm³/mol. The van der Waals surface area contributed by atoms with Crippen LogP contribution in [0.3, 0.4) is 0 Å². The van der Waals surface area contributed by atoms with Gasteiger partial charge in [0.2, 0.25) is 0 Å². The third-order valence-electron chi connectivity index (χ3n) is 3.84. The number of benzene rings is 2. The van der Waals surface area contributed by atoms with Gasteiger partial charge < -0.3 is 9.47 Å². The smallest absolute Gasteiger partial charge is 0.159 e. The number of unbranched alkanes of at least 4 members (excludes halogenated alkanes) is 2. The van der Waals surface area contributed by atoms with Crippen LogP contribution >= 0.6 is 0 Å². The van der Waals surface area contributed by atoms with Gasteiger partial charge in [0.25, 0.3) is 0 Å². The maximum atomic E-state index is 11.8. The Morgan fingerprint density at radius 3 is 2.17 bits per heavy atom. The first-order valence-corrected chi connectivity index (χ1v) is 8.50. The minimum atomic E-state index is 0.0376. The zero-order valence-corrected chi connectivity index (χ0v) is 14.4. The van der Waals surface area contributed by atoms with Crippen LogP contribution in [0.1, 0.15) is 56.8 Å². The van der Waals surface area contributed by atoms with Gasteiger partial charge in [0.05, 0.1) is 13.2 Å². The van der Waals surface area contributed by atoms with Gasteiger partial charge in [-0.3, -0.25) is 4.79 Å². The van der Waals surface area contributed by atoms with Crippen LogP contribution in [0.5, 0.6) is 11.5 Å². The van der Waals surface area contributed by atoms with E-state index in [9.17, 15) is 4.79 Å². The highest BCUT2D eigenvalue weighted by molar-refractivity contribution is 6.02. The summed E-state index contributed by atoms with van der Waals surface area (Å²) in [5, 5.41) is 1.95. The van der Waals surface area contributed by atoms with Gasteiger partial charge in [0, 0.05) is 16.3 Å².